The second kappa shape index (κ2) is 4.78. The molecule has 2 aromatic rings. The standard InChI is InChI=1S/C12H12BrN5/c1-7(2)18-12(15)9(5-14)11(17-18)10-4-3-8(13)6-16-10/h3-4,6-7H,15H2,1-2H3. The van der Waals surface area contributed by atoms with E-state index in [0.717, 1.165) is 4.47 Å². The number of hydrogen-bond acceptors (Lipinski definition) is 4. The highest BCUT2D eigenvalue weighted by Gasteiger charge is 2.19. The predicted molar refractivity (Wildman–Crippen MR) is 72.7 cm³/mol. The van der Waals surface area contributed by atoms with Gasteiger partial charge in [0.05, 0.1) is 5.69 Å². The van der Waals surface area contributed by atoms with Crippen molar-refractivity contribution in [2.24, 2.45) is 0 Å². The van der Waals surface area contributed by atoms with Gasteiger partial charge < -0.3 is 5.73 Å². The maximum absolute atomic E-state index is 9.19. The minimum Gasteiger partial charge on any atom is -0.383 e. The van der Waals surface area contributed by atoms with Crippen LogP contribution >= 0.6 is 15.9 Å². The van der Waals surface area contributed by atoms with Gasteiger partial charge in [-0.15, -0.1) is 0 Å². The van der Waals surface area contributed by atoms with Crippen LogP contribution in [0.2, 0.25) is 0 Å². The van der Waals surface area contributed by atoms with Crippen LogP contribution in [0.5, 0.6) is 0 Å². The molecule has 0 bridgehead atoms. The molecule has 18 heavy (non-hydrogen) atoms. The van der Waals surface area contributed by atoms with Crippen molar-refractivity contribution >= 4 is 21.7 Å². The van der Waals surface area contributed by atoms with E-state index in [9.17, 15) is 5.26 Å². The lowest BCUT2D eigenvalue weighted by molar-refractivity contribution is 0.542. The SMILES string of the molecule is CC(C)n1nc(-c2ccc(Br)cn2)c(C#N)c1N. The summed E-state index contributed by atoms with van der Waals surface area (Å²) in [6.45, 7) is 3.92. The van der Waals surface area contributed by atoms with E-state index >= 15 is 0 Å². The van der Waals surface area contributed by atoms with E-state index in [1.54, 1.807) is 16.9 Å². The fraction of sp³-hybridized carbons (Fsp3) is 0.250. The molecule has 2 aromatic heterocycles. The minimum atomic E-state index is 0.0984. The van der Waals surface area contributed by atoms with Crippen LogP contribution in [-0.2, 0) is 0 Å². The number of nitriles is 1. The smallest absolute Gasteiger partial charge is 0.140 e. The van der Waals surface area contributed by atoms with Crippen LogP contribution in [0.25, 0.3) is 11.4 Å². The maximum Gasteiger partial charge on any atom is 0.140 e. The number of anilines is 1. The summed E-state index contributed by atoms with van der Waals surface area (Å²) in [5.41, 5.74) is 7.46. The van der Waals surface area contributed by atoms with E-state index in [1.807, 2.05) is 19.9 Å². The number of rotatable bonds is 2. The molecule has 0 aliphatic rings. The van der Waals surface area contributed by atoms with Gasteiger partial charge in [-0.2, -0.15) is 10.4 Å². The van der Waals surface area contributed by atoms with Gasteiger partial charge in [-0.1, -0.05) is 0 Å². The van der Waals surface area contributed by atoms with E-state index < -0.39 is 0 Å². The highest BCUT2D eigenvalue weighted by molar-refractivity contribution is 9.10. The molecule has 0 saturated carbocycles. The molecule has 5 nitrogen and oxygen atoms in total. The third-order valence-electron chi connectivity index (χ3n) is 2.52. The summed E-state index contributed by atoms with van der Waals surface area (Å²) in [4.78, 5) is 4.24. The van der Waals surface area contributed by atoms with Crippen LogP contribution in [0.4, 0.5) is 5.82 Å². The molecule has 6 heteroatoms. The lowest BCUT2D eigenvalue weighted by Crippen LogP contribution is -2.07. The molecule has 0 aliphatic heterocycles. The monoisotopic (exact) mass is 305 g/mol. The molecule has 0 aromatic carbocycles. The van der Waals surface area contributed by atoms with E-state index in [0.29, 0.717) is 22.8 Å². The van der Waals surface area contributed by atoms with Gasteiger partial charge in [0.25, 0.3) is 0 Å². The van der Waals surface area contributed by atoms with Crippen LogP contribution < -0.4 is 5.73 Å². The van der Waals surface area contributed by atoms with Gasteiger partial charge in [0.15, 0.2) is 0 Å². The first-order valence-electron chi connectivity index (χ1n) is 5.44. The van der Waals surface area contributed by atoms with Crippen molar-refractivity contribution < 1.29 is 0 Å². The van der Waals surface area contributed by atoms with Gasteiger partial charge in [-0.3, -0.25) is 4.98 Å². The molecule has 2 N–H and O–H groups in total. The molecule has 2 rings (SSSR count). The van der Waals surface area contributed by atoms with Crippen LogP contribution in [0.3, 0.4) is 0 Å². The van der Waals surface area contributed by atoms with Crippen LogP contribution in [0, 0.1) is 11.3 Å². The summed E-state index contributed by atoms with van der Waals surface area (Å²) in [6.07, 6.45) is 1.67. The summed E-state index contributed by atoms with van der Waals surface area (Å²) in [5, 5.41) is 13.6. The summed E-state index contributed by atoms with van der Waals surface area (Å²) >= 11 is 3.32. The molecule has 2 heterocycles. The molecule has 0 aliphatic carbocycles. The zero-order valence-corrected chi connectivity index (χ0v) is 11.6. The second-order valence-corrected chi connectivity index (χ2v) is 5.04. The van der Waals surface area contributed by atoms with E-state index in [4.69, 9.17) is 5.73 Å². The third kappa shape index (κ3) is 2.09. The Bertz CT molecular complexity index is 607. The Labute approximate surface area is 113 Å². The molecule has 0 fully saturated rings. The van der Waals surface area contributed by atoms with Gasteiger partial charge in [-0.05, 0) is 41.9 Å². The first-order chi connectivity index (χ1) is 8.54. The Morgan fingerprint density at radius 2 is 2.17 bits per heavy atom. The van der Waals surface area contributed by atoms with Crippen molar-refractivity contribution in [3.05, 3.63) is 28.4 Å². The molecule has 92 valence electrons. The number of aromatic nitrogens is 3. The zero-order chi connectivity index (χ0) is 13.3. The number of nitrogens with two attached hydrogens (primary N) is 1. The number of nitrogen functional groups attached to an aromatic ring is 1. The number of hydrogen-bond donors (Lipinski definition) is 1. The summed E-state index contributed by atoms with van der Waals surface area (Å²) in [7, 11) is 0. The van der Waals surface area contributed by atoms with Crippen LogP contribution in [0.1, 0.15) is 25.5 Å². The first-order valence-corrected chi connectivity index (χ1v) is 6.24. The van der Waals surface area contributed by atoms with Crippen LogP contribution in [-0.4, -0.2) is 14.8 Å². The summed E-state index contributed by atoms with van der Waals surface area (Å²) < 4.78 is 2.51. The number of halogens is 1. The fourth-order valence-corrected chi connectivity index (χ4v) is 1.88. The first kappa shape index (κ1) is 12.6. The van der Waals surface area contributed by atoms with Crippen molar-refractivity contribution in [1.29, 1.82) is 5.26 Å². The Hall–Kier alpha value is -1.87. The van der Waals surface area contributed by atoms with Gasteiger partial charge >= 0.3 is 0 Å². The topological polar surface area (TPSA) is 80.5 Å². The number of pyridine rings is 1. The Morgan fingerprint density at radius 1 is 1.44 bits per heavy atom. The average Bonchev–Trinajstić information content (AvgIpc) is 2.67. The predicted octanol–water partition coefficient (Wildman–Crippen LogP) is 2.74. The van der Waals surface area contributed by atoms with Gasteiger partial charge in [0, 0.05) is 16.7 Å². The van der Waals surface area contributed by atoms with Crippen molar-refractivity contribution in [2.45, 2.75) is 19.9 Å². The van der Waals surface area contributed by atoms with E-state index in [2.05, 4.69) is 32.1 Å². The Kier molecular flexibility index (Phi) is 3.34. The largest absolute Gasteiger partial charge is 0.383 e. The highest BCUT2D eigenvalue weighted by atomic mass is 79.9. The zero-order valence-electron chi connectivity index (χ0n) is 10.1. The lowest BCUT2D eigenvalue weighted by Gasteiger charge is -2.06. The number of nitrogens with zero attached hydrogens (tertiary/aromatic N) is 4. The highest BCUT2D eigenvalue weighted by Crippen LogP contribution is 2.27. The van der Waals surface area contributed by atoms with E-state index in [1.165, 1.54) is 0 Å². The van der Waals surface area contributed by atoms with Crippen molar-refractivity contribution in [3.63, 3.8) is 0 Å². The normalized spacial score (nSPS) is 10.6. The van der Waals surface area contributed by atoms with Crippen molar-refractivity contribution in [2.75, 3.05) is 5.73 Å². The minimum absolute atomic E-state index is 0.0984. The molecular weight excluding hydrogens is 294 g/mol. The fourth-order valence-electron chi connectivity index (χ4n) is 1.65. The molecule has 0 amide bonds. The molecule has 0 radical (unpaired) electrons. The summed E-state index contributed by atoms with van der Waals surface area (Å²) in [5.74, 6) is 0.382. The molecular formula is C12H12BrN5. The molecule has 0 spiro atoms. The second-order valence-electron chi connectivity index (χ2n) is 4.12. The van der Waals surface area contributed by atoms with Crippen molar-refractivity contribution in [3.8, 4) is 17.5 Å². The molecule has 0 saturated heterocycles. The van der Waals surface area contributed by atoms with Gasteiger partial charge in [0.1, 0.15) is 23.1 Å². The Balaban J connectivity index is 2.61. The van der Waals surface area contributed by atoms with E-state index in [-0.39, 0.29) is 6.04 Å². The Morgan fingerprint density at radius 3 is 2.67 bits per heavy atom. The van der Waals surface area contributed by atoms with Crippen molar-refractivity contribution in [1.82, 2.24) is 14.8 Å². The van der Waals surface area contributed by atoms with Crippen LogP contribution in [0.15, 0.2) is 22.8 Å². The summed E-state index contributed by atoms with van der Waals surface area (Å²) in [6, 6.07) is 5.85. The average molecular weight is 306 g/mol. The van der Waals surface area contributed by atoms with Gasteiger partial charge in [0.2, 0.25) is 0 Å². The van der Waals surface area contributed by atoms with Gasteiger partial charge in [-0.25, -0.2) is 4.68 Å². The third-order valence-corrected chi connectivity index (χ3v) is 2.99. The quantitative estimate of drug-likeness (QED) is 0.925. The lowest BCUT2D eigenvalue weighted by atomic mass is 10.2. The maximum atomic E-state index is 9.19. The molecule has 0 unspecified atom stereocenters. The molecule has 0 atom stereocenters.